The number of rotatable bonds is 10. The lowest BCUT2D eigenvalue weighted by atomic mass is 9.95. The van der Waals surface area contributed by atoms with E-state index in [-0.39, 0.29) is 18.5 Å². The largest absolute Gasteiger partial charge is 0.352 e. The second-order valence-corrected chi connectivity index (χ2v) is 11.9. The van der Waals surface area contributed by atoms with Gasteiger partial charge in [0, 0.05) is 18.0 Å². The number of hydrogen-bond acceptors (Lipinski definition) is 4. The molecule has 1 N–H and O–H groups in total. The lowest BCUT2D eigenvalue weighted by Gasteiger charge is -2.34. The van der Waals surface area contributed by atoms with E-state index in [2.05, 4.69) is 5.32 Å². The average molecular weight is 536 g/mol. The number of carbonyl (C=O) groups is 2. The molecule has 0 radical (unpaired) electrons. The zero-order chi connectivity index (χ0) is 27.1. The van der Waals surface area contributed by atoms with Crippen LogP contribution in [-0.2, 0) is 26.2 Å². The summed E-state index contributed by atoms with van der Waals surface area (Å²) in [5, 5.41) is 4.79. The number of sulfonamides is 1. The van der Waals surface area contributed by atoms with Crippen LogP contribution in [0.1, 0.15) is 51.0 Å². The van der Waals surface area contributed by atoms with Gasteiger partial charge in [0.25, 0.3) is 0 Å². The topological polar surface area (TPSA) is 86.8 Å². The third-order valence-corrected chi connectivity index (χ3v) is 8.37. The van der Waals surface area contributed by atoms with Gasteiger partial charge in [0.15, 0.2) is 0 Å². The summed E-state index contributed by atoms with van der Waals surface area (Å²) in [5.74, 6) is -0.599. The van der Waals surface area contributed by atoms with Crippen LogP contribution in [0.4, 0.5) is 5.69 Å². The average Bonchev–Trinajstić information content (AvgIpc) is 2.92. The standard InChI is InChI=1S/C30H37N3O4S/c1-3-27(30(35)31-25-17-8-5-9-18-25)32(21-23-13-6-4-7-14-23)29(34)22-33(38(2,36)37)28-20-12-16-24-15-10-11-19-26(24)28/h4,6-7,10-16,19-20,25,27H,3,5,8-9,17-18,21-22H2,1-2H3,(H,31,35)/t27-/m1/s1. The molecule has 3 aromatic carbocycles. The minimum atomic E-state index is -3.80. The van der Waals surface area contributed by atoms with Gasteiger partial charge in [-0.2, -0.15) is 0 Å². The third-order valence-electron chi connectivity index (χ3n) is 7.25. The van der Waals surface area contributed by atoms with E-state index < -0.39 is 28.5 Å². The Morgan fingerprint density at radius 3 is 2.26 bits per heavy atom. The van der Waals surface area contributed by atoms with Crippen LogP contribution >= 0.6 is 0 Å². The molecular formula is C30H37N3O4S. The van der Waals surface area contributed by atoms with Crippen LogP contribution in [0.3, 0.4) is 0 Å². The van der Waals surface area contributed by atoms with Gasteiger partial charge in [0.1, 0.15) is 12.6 Å². The molecule has 2 amide bonds. The molecule has 0 saturated heterocycles. The molecule has 8 heteroatoms. The normalized spacial score (nSPS) is 15.1. The fourth-order valence-corrected chi connectivity index (χ4v) is 6.13. The highest BCUT2D eigenvalue weighted by molar-refractivity contribution is 7.92. The van der Waals surface area contributed by atoms with E-state index in [4.69, 9.17) is 0 Å². The van der Waals surface area contributed by atoms with Crippen LogP contribution in [0.25, 0.3) is 10.8 Å². The second-order valence-electron chi connectivity index (χ2n) is 10.0. The van der Waals surface area contributed by atoms with Crippen molar-refractivity contribution in [1.29, 1.82) is 0 Å². The SMILES string of the molecule is CC[C@H](C(=O)NC1CCCCC1)N(Cc1ccccc1)C(=O)CN(c1cccc2ccccc12)S(C)(=O)=O. The smallest absolute Gasteiger partial charge is 0.244 e. The minimum absolute atomic E-state index is 0.113. The Balaban J connectivity index is 1.66. The molecule has 0 heterocycles. The number of nitrogens with one attached hydrogen (secondary N) is 1. The van der Waals surface area contributed by atoms with Gasteiger partial charge in [-0.3, -0.25) is 13.9 Å². The molecule has 0 aliphatic heterocycles. The van der Waals surface area contributed by atoms with E-state index in [0.717, 1.165) is 52.6 Å². The van der Waals surface area contributed by atoms with Crippen LogP contribution in [0.2, 0.25) is 0 Å². The Kier molecular flexibility index (Phi) is 9.05. The molecular weight excluding hydrogens is 498 g/mol. The van der Waals surface area contributed by atoms with Crippen molar-refractivity contribution in [2.24, 2.45) is 0 Å². The van der Waals surface area contributed by atoms with Gasteiger partial charge in [0.2, 0.25) is 21.8 Å². The van der Waals surface area contributed by atoms with Crippen molar-refractivity contribution in [3.63, 3.8) is 0 Å². The fraction of sp³-hybridized carbons (Fsp3) is 0.400. The summed E-state index contributed by atoms with van der Waals surface area (Å²) < 4.78 is 27.2. The molecule has 1 fully saturated rings. The zero-order valence-corrected chi connectivity index (χ0v) is 23.0. The first-order chi connectivity index (χ1) is 18.3. The van der Waals surface area contributed by atoms with Gasteiger partial charge in [-0.15, -0.1) is 0 Å². The van der Waals surface area contributed by atoms with E-state index in [0.29, 0.717) is 12.1 Å². The lowest BCUT2D eigenvalue weighted by molar-refractivity contribution is -0.140. The molecule has 0 unspecified atom stereocenters. The molecule has 38 heavy (non-hydrogen) atoms. The number of amides is 2. The number of hydrogen-bond donors (Lipinski definition) is 1. The summed E-state index contributed by atoms with van der Waals surface area (Å²) in [6, 6.07) is 21.8. The van der Waals surface area contributed by atoms with Crippen molar-refractivity contribution >= 4 is 38.3 Å². The van der Waals surface area contributed by atoms with Crippen LogP contribution in [0, 0.1) is 0 Å². The number of anilines is 1. The number of benzene rings is 3. The van der Waals surface area contributed by atoms with Gasteiger partial charge in [-0.25, -0.2) is 8.42 Å². The Hall–Kier alpha value is -3.39. The van der Waals surface area contributed by atoms with Gasteiger partial charge < -0.3 is 10.2 Å². The molecule has 1 aliphatic carbocycles. The first-order valence-corrected chi connectivity index (χ1v) is 15.2. The minimum Gasteiger partial charge on any atom is -0.352 e. The number of nitrogens with zero attached hydrogens (tertiary/aromatic N) is 2. The molecule has 1 aliphatic rings. The molecule has 0 aromatic heterocycles. The van der Waals surface area contributed by atoms with E-state index in [9.17, 15) is 18.0 Å². The first kappa shape index (κ1) is 27.6. The number of fused-ring (bicyclic) bond motifs is 1. The van der Waals surface area contributed by atoms with Crippen molar-refractivity contribution in [2.45, 2.75) is 64.1 Å². The molecule has 0 bridgehead atoms. The quantitative estimate of drug-likeness (QED) is 0.402. The van der Waals surface area contributed by atoms with Gasteiger partial charge in [-0.05, 0) is 36.3 Å². The summed E-state index contributed by atoms with van der Waals surface area (Å²) in [4.78, 5) is 29.0. The van der Waals surface area contributed by atoms with Gasteiger partial charge in [-0.1, -0.05) is 92.9 Å². The van der Waals surface area contributed by atoms with Crippen molar-refractivity contribution in [3.05, 3.63) is 78.4 Å². The highest BCUT2D eigenvalue weighted by atomic mass is 32.2. The van der Waals surface area contributed by atoms with Gasteiger partial charge >= 0.3 is 0 Å². The summed E-state index contributed by atoms with van der Waals surface area (Å²) >= 11 is 0. The van der Waals surface area contributed by atoms with Gasteiger partial charge in [0.05, 0.1) is 11.9 Å². The molecule has 1 atom stereocenters. The Bertz CT molecular complexity index is 1350. The highest BCUT2D eigenvalue weighted by Crippen LogP contribution is 2.29. The third kappa shape index (κ3) is 6.72. The maximum atomic E-state index is 14.0. The van der Waals surface area contributed by atoms with E-state index in [1.54, 1.807) is 12.1 Å². The van der Waals surface area contributed by atoms with Crippen LogP contribution < -0.4 is 9.62 Å². The summed E-state index contributed by atoms with van der Waals surface area (Å²) in [7, 11) is -3.80. The van der Waals surface area contributed by atoms with E-state index >= 15 is 0 Å². The summed E-state index contributed by atoms with van der Waals surface area (Å²) in [6.45, 7) is 1.70. The Morgan fingerprint density at radius 1 is 0.921 bits per heavy atom. The summed E-state index contributed by atoms with van der Waals surface area (Å²) in [6.07, 6.45) is 6.76. The number of carbonyl (C=O) groups excluding carboxylic acids is 2. The maximum Gasteiger partial charge on any atom is 0.244 e. The van der Waals surface area contributed by atoms with Crippen LogP contribution in [0.15, 0.2) is 72.8 Å². The predicted octanol–water partition coefficient (Wildman–Crippen LogP) is 4.86. The van der Waals surface area contributed by atoms with Crippen molar-refractivity contribution in [2.75, 3.05) is 17.1 Å². The monoisotopic (exact) mass is 535 g/mol. The van der Waals surface area contributed by atoms with E-state index in [1.165, 1.54) is 11.3 Å². The molecule has 4 rings (SSSR count). The second kappa shape index (κ2) is 12.4. The predicted molar refractivity (Wildman–Crippen MR) is 152 cm³/mol. The maximum absolute atomic E-state index is 14.0. The van der Waals surface area contributed by atoms with E-state index in [1.807, 2.05) is 67.6 Å². The molecule has 0 spiro atoms. The Morgan fingerprint density at radius 2 is 1.58 bits per heavy atom. The fourth-order valence-electron chi connectivity index (χ4n) is 5.26. The highest BCUT2D eigenvalue weighted by Gasteiger charge is 2.33. The molecule has 7 nitrogen and oxygen atoms in total. The van der Waals surface area contributed by atoms with Crippen molar-refractivity contribution in [1.82, 2.24) is 10.2 Å². The van der Waals surface area contributed by atoms with Crippen molar-refractivity contribution in [3.8, 4) is 0 Å². The van der Waals surface area contributed by atoms with Crippen molar-refractivity contribution < 1.29 is 18.0 Å². The molecule has 3 aromatic rings. The summed E-state index contributed by atoms with van der Waals surface area (Å²) in [5.41, 5.74) is 1.32. The van der Waals surface area contributed by atoms with Crippen LogP contribution in [0.5, 0.6) is 0 Å². The van der Waals surface area contributed by atoms with Crippen LogP contribution in [-0.4, -0.2) is 50.0 Å². The molecule has 1 saturated carbocycles. The zero-order valence-electron chi connectivity index (χ0n) is 22.2. The lowest BCUT2D eigenvalue weighted by Crippen LogP contribution is -2.53. The first-order valence-electron chi connectivity index (χ1n) is 13.4. The Labute approximate surface area is 225 Å². The molecule has 202 valence electrons.